The molecule has 48 heavy (non-hydrogen) atoms. The molecule has 2 aromatic heterocycles. The summed E-state index contributed by atoms with van der Waals surface area (Å²) in [5.74, 6) is 0. The van der Waals surface area contributed by atoms with Crippen molar-refractivity contribution in [3.05, 3.63) is 164 Å². The Morgan fingerprint density at radius 3 is 1.62 bits per heavy atom. The Labute approximate surface area is 280 Å². The molecular formula is C44H27O2PS. The highest BCUT2D eigenvalue weighted by molar-refractivity contribution is 7.85. The topological polar surface area (TPSA) is 30.2 Å². The van der Waals surface area contributed by atoms with Gasteiger partial charge in [-0.15, -0.1) is 11.3 Å². The molecule has 0 unspecified atom stereocenters. The fraction of sp³-hybridized carbons (Fsp3) is 0. The molecule has 226 valence electrons. The molecule has 0 radical (unpaired) electrons. The molecule has 2 nitrogen and oxygen atoms in total. The number of thiophene rings is 1. The normalized spacial score (nSPS) is 12.2. The van der Waals surface area contributed by atoms with Crippen LogP contribution < -0.4 is 15.9 Å². The summed E-state index contributed by atoms with van der Waals surface area (Å²) in [7, 11) is -3.09. The van der Waals surface area contributed by atoms with Gasteiger partial charge in [-0.25, -0.2) is 0 Å². The van der Waals surface area contributed by atoms with E-state index < -0.39 is 7.14 Å². The van der Waals surface area contributed by atoms with Gasteiger partial charge in [-0.2, -0.15) is 0 Å². The molecule has 8 aromatic carbocycles. The van der Waals surface area contributed by atoms with E-state index in [0.717, 1.165) is 59.8 Å². The van der Waals surface area contributed by atoms with Crippen LogP contribution in [0.5, 0.6) is 0 Å². The van der Waals surface area contributed by atoms with Crippen LogP contribution in [-0.2, 0) is 4.57 Å². The van der Waals surface area contributed by atoms with Crippen molar-refractivity contribution < 1.29 is 8.98 Å². The van der Waals surface area contributed by atoms with E-state index in [9.17, 15) is 0 Å². The second-order valence-electron chi connectivity index (χ2n) is 12.4. The third-order valence-electron chi connectivity index (χ3n) is 9.74. The maximum Gasteiger partial charge on any atom is 0.171 e. The number of fused-ring (bicyclic) bond motifs is 11. The minimum Gasteiger partial charge on any atom is -0.455 e. The summed E-state index contributed by atoms with van der Waals surface area (Å²) in [6.45, 7) is 0. The average molecular weight is 651 g/mol. The number of hydrogen-bond donors (Lipinski definition) is 0. The van der Waals surface area contributed by atoms with Gasteiger partial charge in [0, 0.05) is 52.2 Å². The highest BCUT2D eigenvalue weighted by atomic mass is 32.1. The van der Waals surface area contributed by atoms with Crippen molar-refractivity contribution in [2.24, 2.45) is 0 Å². The Morgan fingerprint density at radius 1 is 0.417 bits per heavy atom. The van der Waals surface area contributed by atoms with Gasteiger partial charge in [0.25, 0.3) is 0 Å². The highest BCUT2D eigenvalue weighted by Gasteiger charge is 2.30. The van der Waals surface area contributed by atoms with E-state index in [1.165, 1.54) is 30.9 Å². The number of furan rings is 1. The Hall–Kier alpha value is -5.47. The number of hydrogen-bond acceptors (Lipinski definition) is 3. The summed E-state index contributed by atoms with van der Waals surface area (Å²) < 4.78 is 24.2. The van der Waals surface area contributed by atoms with Crippen LogP contribution in [0.1, 0.15) is 0 Å². The predicted molar refractivity (Wildman–Crippen MR) is 206 cm³/mol. The smallest absolute Gasteiger partial charge is 0.171 e. The van der Waals surface area contributed by atoms with E-state index in [4.69, 9.17) is 4.42 Å². The number of rotatable bonds is 4. The lowest BCUT2D eigenvalue weighted by Gasteiger charge is -2.20. The van der Waals surface area contributed by atoms with Gasteiger partial charge in [-0.05, 0) is 69.8 Å². The fourth-order valence-corrected chi connectivity index (χ4v) is 11.2. The first kappa shape index (κ1) is 27.6. The molecule has 0 atom stereocenters. The molecule has 0 N–H and O–H groups in total. The minimum absolute atomic E-state index is 0.844. The van der Waals surface area contributed by atoms with Gasteiger partial charge >= 0.3 is 0 Å². The molecule has 4 heteroatoms. The first-order valence-electron chi connectivity index (χ1n) is 16.1. The zero-order chi connectivity index (χ0) is 31.8. The lowest BCUT2D eigenvalue weighted by Crippen LogP contribution is -2.24. The fourth-order valence-electron chi connectivity index (χ4n) is 7.45. The van der Waals surface area contributed by atoms with Crippen LogP contribution in [0.2, 0.25) is 0 Å². The monoisotopic (exact) mass is 650 g/mol. The van der Waals surface area contributed by atoms with E-state index >= 15 is 4.57 Å². The first-order valence-corrected chi connectivity index (χ1v) is 18.6. The molecule has 0 spiro atoms. The van der Waals surface area contributed by atoms with Crippen LogP contribution in [0.4, 0.5) is 0 Å². The summed E-state index contributed by atoms with van der Waals surface area (Å²) in [6.07, 6.45) is 0. The Bertz CT molecular complexity index is 2880. The van der Waals surface area contributed by atoms with Gasteiger partial charge in [0.15, 0.2) is 7.14 Å². The van der Waals surface area contributed by atoms with Gasteiger partial charge < -0.3 is 8.98 Å². The molecule has 0 fully saturated rings. The molecule has 0 aliphatic rings. The molecule has 0 aliphatic carbocycles. The van der Waals surface area contributed by atoms with Crippen LogP contribution in [0.3, 0.4) is 0 Å². The summed E-state index contributed by atoms with van der Waals surface area (Å²) in [4.78, 5) is 0. The molecule has 0 saturated heterocycles. The molecule has 0 amide bonds. The second kappa shape index (κ2) is 10.5. The Kier molecular flexibility index (Phi) is 6.05. The van der Waals surface area contributed by atoms with Crippen molar-refractivity contribution >= 4 is 98.0 Å². The van der Waals surface area contributed by atoms with Crippen LogP contribution >= 0.6 is 18.5 Å². The molecule has 0 saturated carbocycles. The van der Waals surface area contributed by atoms with Crippen molar-refractivity contribution in [2.75, 3.05) is 0 Å². The average Bonchev–Trinajstić information content (AvgIpc) is 3.73. The van der Waals surface area contributed by atoms with E-state index in [2.05, 4.69) is 103 Å². The lowest BCUT2D eigenvalue weighted by molar-refractivity contribution is 0.592. The zero-order valence-corrected chi connectivity index (χ0v) is 27.5. The first-order chi connectivity index (χ1) is 23.7. The summed E-state index contributed by atoms with van der Waals surface area (Å²) >= 11 is 1.78. The predicted octanol–water partition coefficient (Wildman–Crippen LogP) is 11.6. The van der Waals surface area contributed by atoms with E-state index in [-0.39, 0.29) is 0 Å². The van der Waals surface area contributed by atoms with Crippen molar-refractivity contribution in [1.29, 1.82) is 0 Å². The molecular weight excluding hydrogens is 624 g/mol. The largest absolute Gasteiger partial charge is 0.455 e. The molecule has 0 bridgehead atoms. The SMILES string of the molecule is O=P(c1ccccc1)(c1ccccc1)c1ccc2sc3ccc(-c4ccc5oc6c7ccccc7c7ccccc7c6c5c4)cc3c2c1. The van der Waals surface area contributed by atoms with Crippen molar-refractivity contribution in [3.8, 4) is 11.1 Å². The second-order valence-corrected chi connectivity index (χ2v) is 16.2. The third kappa shape index (κ3) is 4.02. The van der Waals surface area contributed by atoms with Gasteiger partial charge in [0.05, 0.1) is 0 Å². The quantitative estimate of drug-likeness (QED) is 0.140. The number of benzene rings is 8. The van der Waals surface area contributed by atoms with Crippen LogP contribution in [0.15, 0.2) is 168 Å². The van der Waals surface area contributed by atoms with Crippen LogP contribution in [0.25, 0.3) is 74.8 Å². The van der Waals surface area contributed by atoms with Crippen molar-refractivity contribution in [1.82, 2.24) is 0 Å². The molecule has 10 rings (SSSR count). The minimum atomic E-state index is -3.09. The highest BCUT2D eigenvalue weighted by Crippen LogP contribution is 2.46. The van der Waals surface area contributed by atoms with Crippen LogP contribution in [0, 0.1) is 0 Å². The maximum atomic E-state index is 15.2. The van der Waals surface area contributed by atoms with Gasteiger partial charge in [0.1, 0.15) is 11.2 Å². The van der Waals surface area contributed by atoms with Crippen LogP contribution in [-0.4, -0.2) is 0 Å². The molecule has 0 aliphatic heterocycles. The zero-order valence-electron chi connectivity index (χ0n) is 25.8. The third-order valence-corrected chi connectivity index (χ3v) is 13.9. The Balaban J connectivity index is 1.17. The lowest BCUT2D eigenvalue weighted by atomic mass is 9.95. The maximum absolute atomic E-state index is 15.2. The van der Waals surface area contributed by atoms with Crippen molar-refractivity contribution in [3.63, 3.8) is 0 Å². The van der Waals surface area contributed by atoms with E-state index in [0.29, 0.717) is 0 Å². The van der Waals surface area contributed by atoms with E-state index in [1.54, 1.807) is 11.3 Å². The van der Waals surface area contributed by atoms with Crippen molar-refractivity contribution in [2.45, 2.75) is 0 Å². The van der Waals surface area contributed by atoms with Gasteiger partial charge in [-0.1, -0.05) is 121 Å². The van der Waals surface area contributed by atoms with Gasteiger partial charge in [-0.3, -0.25) is 0 Å². The Morgan fingerprint density at radius 2 is 0.938 bits per heavy atom. The van der Waals surface area contributed by atoms with E-state index in [1.807, 2.05) is 60.7 Å². The van der Waals surface area contributed by atoms with Gasteiger partial charge in [0.2, 0.25) is 0 Å². The molecule has 10 aromatic rings. The summed E-state index contributed by atoms with van der Waals surface area (Å²) in [5.41, 5.74) is 4.10. The molecule has 2 heterocycles. The summed E-state index contributed by atoms with van der Waals surface area (Å²) in [6, 6.07) is 56.6. The standard InChI is InChI=1S/C44H27O2PS/c45-47(30-11-3-1-4-12-30,31-13-5-2-6-14-31)32-21-24-42-38(27-32)37-25-29(20-23-41(37)48-42)28-19-22-40-39(26-28)43-35-17-9-7-15-33(35)34-16-8-10-18-36(34)44(43)46-40/h1-27H. The summed E-state index contributed by atoms with van der Waals surface area (Å²) in [5, 5.41) is 11.9.